The van der Waals surface area contributed by atoms with E-state index in [0.717, 1.165) is 11.3 Å². The van der Waals surface area contributed by atoms with Gasteiger partial charge >= 0.3 is 0 Å². The molecular formula is C28H27FN4O3. The summed E-state index contributed by atoms with van der Waals surface area (Å²) in [4.78, 5) is 35.5. The second kappa shape index (κ2) is 10.3. The molecule has 0 fully saturated rings. The molecule has 2 aromatic heterocycles. The second-order valence-corrected chi connectivity index (χ2v) is 9.29. The Balaban J connectivity index is 1.49. The van der Waals surface area contributed by atoms with Crippen LogP contribution in [0.15, 0.2) is 54.9 Å². The third-order valence-corrected chi connectivity index (χ3v) is 5.88. The van der Waals surface area contributed by atoms with Crippen LogP contribution in [0.2, 0.25) is 0 Å². The maximum Gasteiger partial charge on any atom is 0.270 e. The minimum atomic E-state index is -1.12. The molecule has 8 heteroatoms. The number of fused-ring (bicyclic) bond motifs is 1. The third kappa shape index (κ3) is 5.93. The van der Waals surface area contributed by atoms with Crippen molar-refractivity contribution in [3.8, 4) is 11.8 Å². The monoisotopic (exact) mass is 486 g/mol. The number of likely N-dealkylation sites (N-methyl/N-ethyl adjacent to an activating group) is 1. The van der Waals surface area contributed by atoms with Crippen LogP contribution in [0, 0.1) is 17.8 Å². The number of anilines is 1. The highest BCUT2D eigenvalue weighted by molar-refractivity contribution is 6.02. The molecule has 0 saturated heterocycles. The van der Waals surface area contributed by atoms with Gasteiger partial charge in [0.15, 0.2) is 0 Å². The van der Waals surface area contributed by atoms with E-state index in [2.05, 4.69) is 27.1 Å². The molecule has 184 valence electrons. The van der Waals surface area contributed by atoms with Gasteiger partial charge in [-0.15, -0.1) is 0 Å². The van der Waals surface area contributed by atoms with E-state index in [1.807, 2.05) is 18.2 Å². The number of halogens is 1. The number of nitrogens with one attached hydrogen (secondary N) is 1. The van der Waals surface area contributed by atoms with E-state index in [1.165, 1.54) is 17.3 Å². The predicted octanol–water partition coefficient (Wildman–Crippen LogP) is 3.04. The van der Waals surface area contributed by atoms with Crippen LogP contribution < -0.4 is 10.2 Å². The molecule has 0 spiro atoms. The topological polar surface area (TPSA) is 95.4 Å². The lowest BCUT2D eigenvalue weighted by atomic mass is 10.0. The fourth-order valence-corrected chi connectivity index (χ4v) is 4.01. The van der Waals surface area contributed by atoms with Crippen LogP contribution in [-0.4, -0.2) is 45.6 Å². The van der Waals surface area contributed by atoms with Crippen molar-refractivity contribution in [1.82, 2.24) is 15.3 Å². The molecule has 0 saturated carbocycles. The van der Waals surface area contributed by atoms with E-state index in [1.54, 1.807) is 45.2 Å². The number of aromatic nitrogens is 2. The third-order valence-electron chi connectivity index (χ3n) is 5.88. The van der Waals surface area contributed by atoms with Gasteiger partial charge in [0.25, 0.3) is 5.91 Å². The lowest BCUT2D eigenvalue weighted by molar-refractivity contribution is -0.120. The largest absolute Gasteiger partial charge is 0.378 e. The molecule has 1 aromatic carbocycles. The summed E-state index contributed by atoms with van der Waals surface area (Å²) < 4.78 is 13.9. The molecule has 0 bridgehead atoms. The van der Waals surface area contributed by atoms with Crippen molar-refractivity contribution in [3.63, 3.8) is 0 Å². The Morgan fingerprint density at radius 2 is 2.03 bits per heavy atom. The SMILES string of the molecule is CN1C(=O)[C@@H](NC(=O)c2cc(Cc3cccnc3F)ccn2)CCc2ccc(C#CC(C)(C)O)cc21. The van der Waals surface area contributed by atoms with E-state index in [4.69, 9.17) is 0 Å². The summed E-state index contributed by atoms with van der Waals surface area (Å²) in [5.41, 5.74) is 2.52. The first-order valence-corrected chi connectivity index (χ1v) is 11.6. The summed E-state index contributed by atoms with van der Waals surface area (Å²) in [5.74, 6) is 4.44. The zero-order valence-corrected chi connectivity index (χ0v) is 20.4. The van der Waals surface area contributed by atoms with Crippen molar-refractivity contribution in [2.45, 2.75) is 44.8 Å². The Labute approximate surface area is 209 Å². The first-order chi connectivity index (χ1) is 17.1. The van der Waals surface area contributed by atoms with Gasteiger partial charge in [0.2, 0.25) is 11.9 Å². The van der Waals surface area contributed by atoms with Crippen molar-refractivity contribution < 1.29 is 19.1 Å². The van der Waals surface area contributed by atoms with Crippen molar-refractivity contribution in [2.24, 2.45) is 0 Å². The summed E-state index contributed by atoms with van der Waals surface area (Å²) in [6, 6.07) is 11.5. The number of amides is 2. The average molecular weight is 487 g/mol. The molecule has 2 N–H and O–H groups in total. The van der Waals surface area contributed by atoms with Crippen molar-refractivity contribution in [3.05, 3.63) is 88.8 Å². The normalized spacial score (nSPS) is 15.4. The molecule has 1 aliphatic heterocycles. The number of nitrogens with zero attached hydrogens (tertiary/aromatic N) is 3. The number of rotatable bonds is 4. The highest BCUT2D eigenvalue weighted by atomic mass is 19.1. The molecule has 3 heterocycles. The van der Waals surface area contributed by atoms with Crippen LogP contribution in [0.5, 0.6) is 0 Å². The predicted molar refractivity (Wildman–Crippen MR) is 134 cm³/mol. The molecule has 36 heavy (non-hydrogen) atoms. The van der Waals surface area contributed by atoms with Gasteiger partial charge in [0.1, 0.15) is 17.3 Å². The van der Waals surface area contributed by atoms with Crippen LogP contribution in [0.1, 0.15) is 53.0 Å². The summed E-state index contributed by atoms with van der Waals surface area (Å²) >= 11 is 0. The van der Waals surface area contributed by atoms with Crippen molar-refractivity contribution in [2.75, 3.05) is 11.9 Å². The first-order valence-electron chi connectivity index (χ1n) is 11.6. The number of hydrogen-bond acceptors (Lipinski definition) is 5. The van der Waals surface area contributed by atoms with Gasteiger partial charge < -0.3 is 15.3 Å². The number of benzene rings is 1. The maximum absolute atomic E-state index is 13.9. The average Bonchev–Trinajstić information content (AvgIpc) is 2.96. The van der Waals surface area contributed by atoms with Crippen molar-refractivity contribution in [1.29, 1.82) is 0 Å². The molecule has 4 rings (SSSR count). The van der Waals surface area contributed by atoms with E-state index < -0.39 is 23.5 Å². The van der Waals surface area contributed by atoms with E-state index in [0.29, 0.717) is 29.5 Å². The van der Waals surface area contributed by atoms with Gasteiger partial charge in [-0.05, 0) is 68.1 Å². The minimum absolute atomic E-state index is 0.151. The van der Waals surface area contributed by atoms with E-state index >= 15 is 0 Å². The lowest BCUT2D eigenvalue weighted by Crippen LogP contribution is -2.47. The molecule has 0 aliphatic carbocycles. The maximum atomic E-state index is 13.9. The minimum Gasteiger partial charge on any atom is -0.378 e. The number of carbonyl (C=O) groups excluding carboxylic acids is 2. The molecule has 0 radical (unpaired) electrons. The van der Waals surface area contributed by atoms with Crippen LogP contribution >= 0.6 is 0 Å². The smallest absolute Gasteiger partial charge is 0.270 e. The Morgan fingerprint density at radius 3 is 2.78 bits per heavy atom. The van der Waals surface area contributed by atoms with E-state index in [-0.39, 0.29) is 18.0 Å². The highest BCUT2D eigenvalue weighted by Crippen LogP contribution is 2.27. The van der Waals surface area contributed by atoms with E-state index in [9.17, 15) is 19.1 Å². The highest BCUT2D eigenvalue weighted by Gasteiger charge is 2.30. The van der Waals surface area contributed by atoms with Crippen LogP contribution in [0.3, 0.4) is 0 Å². The summed E-state index contributed by atoms with van der Waals surface area (Å²) in [6.07, 6.45) is 4.15. The number of aliphatic hydroxyl groups is 1. The van der Waals surface area contributed by atoms with Crippen LogP contribution in [0.4, 0.5) is 10.1 Å². The summed E-state index contributed by atoms with van der Waals surface area (Å²) in [6.45, 7) is 3.21. The van der Waals surface area contributed by atoms with Gasteiger partial charge in [-0.1, -0.05) is 24.0 Å². The Hall–Kier alpha value is -4.09. The molecule has 7 nitrogen and oxygen atoms in total. The van der Waals surface area contributed by atoms with Gasteiger partial charge in [0, 0.05) is 42.7 Å². The van der Waals surface area contributed by atoms with Gasteiger partial charge in [0.05, 0.1) is 0 Å². The molecule has 1 atom stereocenters. The number of pyridine rings is 2. The van der Waals surface area contributed by atoms with Crippen molar-refractivity contribution >= 4 is 17.5 Å². The quantitative estimate of drug-likeness (QED) is 0.437. The Bertz CT molecular complexity index is 1370. The Morgan fingerprint density at radius 1 is 1.22 bits per heavy atom. The number of carbonyl (C=O) groups is 2. The zero-order valence-electron chi connectivity index (χ0n) is 20.4. The molecule has 3 aromatic rings. The number of aryl methyl sites for hydroxylation is 1. The fraction of sp³-hybridized carbons (Fsp3) is 0.286. The van der Waals surface area contributed by atoms with Gasteiger partial charge in [-0.25, -0.2) is 4.98 Å². The number of hydrogen-bond donors (Lipinski definition) is 2. The molecule has 2 amide bonds. The molecule has 1 aliphatic rings. The Kier molecular flexibility index (Phi) is 7.13. The second-order valence-electron chi connectivity index (χ2n) is 9.29. The van der Waals surface area contributed by atoms with Crippen LogP contribution in [-0.2, 0) is 17.6 Å². The standard InChI is InChI=1S/C28H27FN4O3/c1-28(2,36)12-10-18-6-7-20-8-9-22(27(35)33(3)24(20)17-18)32-26(34)23-16-19(11-14-30-23)15-21-5-4-13-31-25(21)29/h4-7,11,13-14,16-17,22,36H,8-9,15H2,1-3H3,(H,32,34)/t22-/m0/s1. The van der Waals surface area contributed by atoms with Gasteiger partial charge in [-0.3, -0.25) is 14.6 Å². The first kappa shape index (κ1) is 25.0. The zero-order chi connectivity index (χ0) is 25.9. The van der Waals surface area contributed by atoms with Crippen LogP contribution in [0.25, 0.3) is 0 Å². The van der Waals surface area contributed by atoms with Gasteiger partial charge in [-0.2, -0.15) is 4.39 Å². The summed E-state index contributed by atoms with van der Waals surface area (Å²) in [7, 11) is 1.67. The fourth-order valence-electron chi connectivity index (χ4n) is 4.01. The lowest BCUT2D eigenvalue weighted by Gasteiger charge is -2.22. The molecular weight excluding hydrogens is 459 g/mol. The summed E-state index contributed by atoms with van der Waals surface area (Å²) in [5, 5.41) is 12.7. The molecule has 0 unspecified atom stereocenters.